The lowest BCUT2D eigenvalue weighted by atomic mass is 10.0. The van der Waals surface area contributed by atoms with Crippen molar-refractivity contribution in [3.05, 3.63) is 0 Å². The average molecular weight is 359 g/mol. The molecule has 0 aromatic heterocycles. The lowest BCUT2D eigenvalue weighted by Gasteiger charge is -2.26. The number of carbonyl (C=O) groups is 4. The summed E-state index contributed by atoms with van der Waals surface area (Å²) in [6.07, 6.45) is 0.318. The van der Waals surface area contributed by atoms with Crippen molar-refractivity contribution in [2.45, 2.75) is 65.1 Å². The van der Waals surface area contributed by atoms with E-state index in [0.717, 1.165) is 0 Å². The monoisotopic (exact) mass is 359 g/mol. The predicted molar refractivity (Wildman–Crippen MR) is 90.9 cm³/mol. The van der Waals surface area contributed by atoms with Gasteiger partial charge in [0.2, 0.25) is 12.3 Å². The Balaban J connectivity index is 4.80. The number of alkyl carbamates (subject to hydrolysis) is 1. The number of carboxylic acids is 1. The summed E-state index contributed by atoms with van der Waals surface area (Å²) in [5, 5.41) is 16.5. The fraction of sp³-hybridized carbons (Fsp3) is 0.750. The first kappa shape index (κ1) is 22.7. The highest BCUT2D eigenvalue weighted by Gasteiger charge is 2.29. The third-order valence-corrected chi connectivity index (χ3v) is 3.13. The maximum atomic E-state index is 12.4. The smallest absolute Gasteiger partial charge is 0.408 e. The lowest BCUT2D eigenvalue weighted by Crippen LogP contribution is -2.54. The molecule has 0 aliphatic carbocycles. The molecule has 0 aliphatic rings. The Bertz CT molecular complexity index is 473. The van der Waals surface area contributed by atoms with Crippen molar-refractivity contribution in [1.29, 1.82) is 0 Å². The number of aliphatic carboxylic acids is 1. The van der Waals surface area contributed by atoms with Gasteiger partial charge in [-0.2, -0.15) is 0 Å². The van der Waals surface area contributed by atoms with E-state index in [0.29, 0.717) is 19.4 Å². The maximum absolute atomic E-state index is 12.4. The predicted octanol–water partition coefficient (Wildman–Crippen LogP) is 0.631. The van der Waals surface area contributed by atoms with Crippen molar-refractivity contribution in [2.75, 3.05) is 6.54 Å². The summed E-state index contributed by atoms with van der Waals surface area (Å²) in [5.74, 6) is -2.05. The van der Waals surface area contributed by atoms with Gasteiger partial charge in [-0.05, 0) is 39.5 Å². The van der Waals surface area contributed by atoms with Gasteiger partial charge in [-0.15, -0.1) is 0 Å². The third-order valence-electron chi connectivity index (χ3n) is 3.13. The number of hydrogen-bond acceptors (Lipinski definition) is 5. The van der Waals surface area contributed by atoms with E-state index < -0.39 is 35.7 Å². The number of hydrogen-bond donors (Lipinski definition) is 4. The Hall–Kier alpha value is -2.32. The molecular weight excluding hydrogens is 330 g/mol. The van der Waals surface area contributed by atoms with Crippen LogP contribution in [0.1, 0.15) is 47.5 Å². The molecule has 0 aliphatic heterocycles. The van der Waals surface area contributed by atoms with Crippen LogP contribution in [0.4, 0.5) is 4.79 Å². The molecule has 0 radical (unpaired) electrons. The number of nitrogens with one attached hydrogen (secondary N) is 3. The van der Waals surface area contributed by atoms with Gasteiger partial charge in [-0.25, -0.2) is 9.59 Å². The zero-order chi connectivity index (χ0) is 19.6. The highest BCUT2D eigenvalue weighted by Crippen LogP contribution is 2.09. The minimum atomic E-state index is -1.18. The highest BCUT2D eigenvalue weighted by molar-refractivity contribution is 5.89. The molecule has 0 fully saturated rings. The molecule has 144 valence electrons. The quantitative estimate of drug-likeness (QED) is 0.334. The molecule has 9 heteroatoms. The summed E-state index contributed by atoms with van der Waals surface area (Å²) in [6, 6.07) is -2.03. The Morgan fingerprint density at radius 1 is 1.16 bits per heavy atom. The minimum absolute atomic E-state index is 0.152. The van der Waals surface area contributed by atoms with Crippen LogP contribution in [0, 0.1) is 5.92 Å². The summed E-state index contributed by atoms with van der Waals surface area (Å²) >= 11 is 0. The second-order valence-corrected chi connectivity index (χ2v) is 6.98. The van der Waals surface area contributed by atoms with Crippen LogP contribution in [-0.4, -0.2) is 53.7 Å². The van der Waals surface area contributed by atoms with Crippen LogP contribution in [0.3, 0.4) is 0 Å². The number of rotatable bonds is 10. The van der Waals surface area contributed by atoms with Crippen molar-refractivity contribution in [2.24, 2.45) is 5.92 Å². The molecule has 9 nitrogen and oxygen atoms in total. The molecule has 0 aromatic rings. The van der Waals surface area contributed by atoms with E-state index in [1.54, 1.807) is 34.6 Å². The van der Waals surface area contributed by atoms with Crippen LogP contribution >= 0.6 is 0 Å². The molecule has 0 heterocycles. The van der Waals surface area contributed by atoms with E-state index in [-0.39, 0.29) is 12.3 Å². The van der Waals surface area contributed by atoms with Gasteiger partial charge in [-0.1, -0.05) is 13.8 Å². The molecule has 0 saturated carbocycles. The molecule has 0 bridgehead atoms. The molecule has 0 unspecified atom stereocenters. The van der Waals surface area contributed by atoms with E-state index in [4.69, 9.17) is 4.74 Å². The van der Waals surface area contributed by atoms with Gasteiger partial charge in [-0.3, -0.25) is 9.59 Å². The van der Waals surface area contributed by atoms with Crippen molar-refractivity contribution < 1.29 is 29.0 Å². The van der Waals surface area contributed by atoms with E-state index in [1.165, 1.54) is 0 Å². The number of carboxylic acid groups (broad SMARTS) is 1. The number of carbonyl (C=O) groups excluding carboxylic acids is 3. The molecule has 3 amide bonds. The van der Waals surface area contributed by atoms with Crippen LogP contribution in [0.25, 0.3) is 0 Å². The van der Waals surface area contributed by atoms with Gasteiger partial charge >= 0.3 is 12.1 Å². The fourth-order valence-electron chi connectivity index (χ4n) is 1.96. The van der Waals surface area contributed by atoms with E-state index in [2.05, 4.69) is 16.0 Å². The zero-order valence-electron chi connectivity index (χ0n) is 15.4. The summed E-state index contributed by atoms with van der Waals surface area (Å²) in [5.41, 5.74) is -0.711. The molecule has 4 N–H and O–H groups in total. The van der Waals surface area contributed by atoms with E-state index in [1.807, 2.05) is 0 Å². The van der Waals surface area contributed by atoms with Crippen molar-refractivity contribution >= 4 is 24.4 Å². The summed E-state index contributed by atoms with van der Waals surface area (Å²) < 4.78 is 5.13. The second-order valence-electron chi connectivity index (χ2n) is 6.98. The van der Waals surface area contributed by atoms with Crippen LogP contribution in [0.2, 0.25) is 0 Å². The van der Waals surface area contributed by atoms with Crippen molar-refractivity contribution in [1.82, 2.24) is 16.0 Å². The van der Waals surface area contributed by atoms with Gasteiger partial charge in [0.05, 0.1) is 0 Å². The maximum Gasteiger partial charge on any atom is 0.408 e. The molecule has 0 aromatic carbocycles. The highest BCUT2D eigenvalue weighted by atomic mass is 16.6. The molecule has 2 atom stereocenters. The first-order valence-electron chi connectivity index (χ1n) is 8.17. The van der Waals surface area contributed by atoms with Gasteiger partial charge in [0, 0.05) is 6.54 Å². The number of ether oxygens (including phenoxy) is 1. The van der Waals surface area contributed by atoms with E-state index in [9.17, 15) is 24.3 Å². The van der Waals surface area contributed by atoms with Gasteiger partial charge in [0.1, 0.15) is 17.7 Å². The fourth-order valence-corrected chi connectivity index (χ4v) is 1.96. The van der Waals surface area contributed by atoms with Crippen LogP contribution in [0.5, 0.6) is 0 Å². The van der Waals surface area contributed by atoms with Gasteiger partial charge in [0.25, 0.3) is 0 Å². The average Bonchev–Trinajstić information content (AvgIpc) is 2.45. The molecule has 25 heavy (non-hydrogen) atoms. The van der Waals surface area contributed by atoms with Crippen molar-refractivity contribution in [3.8, 4) is 0 Å². The summed E-state index contributed by atoms with van der Waals surface area (Å²) in [7, 11) is 0. The molecule has 0 saturated heterocycles. The Morgan fingerprint density at radius 3 is 2.20 bits per heavy atom. The second kappa shape index (κ2) is 10.5. The van der Waals surface area contributed by atoms with E-state index >= 15 is 0 Å². The third kappa shape index (κ3) is 10.2. The first-order valence-corrected chi connectivity index (χ1v) is 8.17. The van der Waals surface area contributed by atoms with Crippen LogP contribution in [-0.2, 0) is 19.1 Å². The molecular formula is C16H29N3O6. The van der Waals surface area contributed by atoms with Crippen LogP contribution < -0.4 is 16.0 Å². The largest absolute Gasteiger partial charge is 0.480 e. The molecule has 0 rings (SSSR count). The van der Waals surface area contributed by atoms with Gasteiger partial charge < -0.3 is 25.8 Å². The van der Waals surface area contributed by atoms with Crippen molar-refractivity contribution in [3.63, 3.8) is 0 Å². The topological polar surface area (TPSA) is 134 Å². The standard InChI is InChI=1S/C16H29N3O6/c1-10(2)12(19-15(24)25-16(3,4)5)13(21)18-11(14(22)23)7-6-8-17-9-20/h9-12H,6-8H2,1-5H3,(H,17,20)(H,18,21)(H,19,24)(H,22,23)/t11-,12-/m0/s1. The number of amides is 3. The van der Waals surface area contributed by atoms with Gasteiger partial charge in [0.15, 0.2) is 0 Å². The summed E-state index contributed by atoms with van der Waals surface area (Å²) in [6.45, 7) is 8.87. The molecule has 0 spiro atoms. The van der Waals surface area contributed by atoms with Crippen LogP contribution in [0.15, 0.2) is 0 Å². The SMILES string of the molecule is CC(C)[C@H](NC(=O)OC(C)(C)C)C(=O)N[C@@H](CCCNC=O)C(=O)O. The normalized spacial score (nSPS) is 13.5. The lowest BCUT2D eigenvalue weighted by molar-refractivity contribution is -0.142. The summed E-state index contributed by atoms with van der Waals surface area (Å²) in [4.78, 5) is 45.7. The Morgan fingerprint density at radius 2 is 1.76 bits per heavy atom. The zero-order valence-corrected chi connectivity index (χ0v) is 15.4. The first-order chi connectivity index (χ1) is 11.5. The minimum Gasteiger partial charge on any atom is -0.480 e. The Kier molecular flexibility index (Phi) is 9.55. The Labute approximate surface area is 147 Å².